The zero-order valence-electron chi connectivity index (χ0n) is 5.08. The molecule has 0 unspecified atom stereocenters. The topological polar surface area (TPSA) is 0 Å². The van der Waals surface area contributed by atoms with E-state index in [0.29, 0.717) is 0 Å². The fourth-order valence-electron chi connectivity index (χ4n) is 0.485. The number of halogens is 1. The van der Waals surface area contributed by atoms with Crippen LogP contribution in [-0.2, 0) is 0 Å². The molecule has 42 valence electrons. The van der Waals surface area contributed by atoms with Gasteiger partial charge in [-0.1, -0.05) is 41.9 Å². The van der Waals surface area contributed by atoms with E-state index in [-0.39, 0.29) is 0 Å². The average Bonchev–Trinajstić information content (AvgIpc) is 1.61. The first-order valence-corrected chi connectivity index (χ1v) is 3.95. The molecule has 0 spiro atoms. The van der Waals surface area contributed by atoms with E-state index in [4.69, 9.17) is 0 Å². The van der Waals surface area contributed by atoms with E-state index in [0.717, 1.165) is 11.1 Å². The molecule has 2 heteroatoms. The van der Waals surface area contributed by atoms with Gasteiger partial charge in [-0.2, -0.15) is 0 Å². The van der Waals surface area contributed by atoms with Gasteiger partial charge in [0.25, 0.3) is 0 Å². The van der Waals surface area contributed by atoms with Crippen molar-refractivity contribution in [1.82, 2.24) is 0 Å². The molecule has 0 aromatic heterocycles. The summed E-state index contributed by atoms with van der Waals surface area (Å²) >= 11 is 3.38. The third-order valence-corrected chi connectivity index (χ3v) is 1.48. The maximum atomic E-state index is 3.38. The molecule has 0 N–H and O–H groups in total. The molecule has 0 nitrogen and oxygen atoms in total. The largest absolute Gasteiger partial charge is 0.124 e. The predicted octanol–water partition coefficient (Wildman–Crippen LogP) is 2.06. The first kappa shape index (κ1) is 7.54. The minimum absolute atomic E-state index is 0.873. The molecule has 7 heavy (non-hydrogen) atoms. The van der Waals surface area contributed by atoms with Gasteiger partial charge in [0, 0.05) is 0 Å². The first-order chi connectivity index (χ1) is 3.27. The monoisotopic (exact) mass is 162 g/mol. The van der Waals surface area contributed by atoms with Gasteiger partial charge in [0.05, 0.1) is 0 Å². The Bertz CT molecular complexity index is 37.1. The number of hydrogen-bond acceptors (Lipinski definition) is 0. The third-order valence-electron chi connectivity index (χ3n) is 0.915. The van der Waals surface area contributed by atoms with Crippen molar-refractivity contribution >= 4 is 23.2 Å². The highest BCUT2D eigenvalue weighted by Crippen LogP contribution is 2.00. The summed E-state index contributed by atoms with van der Waals surface area (Å²) in [5.74, 6) is 0.873. The number of alkyl halides is 1. The van der Waals surface area contributed by atoms with Gasteiger partial charge < -0.3 is 0 Å². The molecule has 0 fully saturated rings. The van der Waals surface area contributed by atoms with Crippen LogP contribution in [0.25, 0.3) is 0 Å². The zero-order valence-corrected chi connectivity index (χ0v) is 6.66. The quantitative estimate of drug-likeness (QED) is 0.441. The summed E-state index contributed by atoms with van der Waals surface area (Å²) in [6.07, 6.45) is 1.32. The van der Waals surface area contributed by atoms with Gasteiger partial charge in [-0.05, 0) is 5.33 Å². The number of rotatable bonds is 3. The minimum atomic E-state index is 0.873. The molecule has 0 atom stereocenters. The molecule has 0 aromatic carbocycles. The molecule has 0 rings (SSSR count). The van der Waals surface area contributed by atoms with E-state index in [9.17, 15) is 0 Å². The smallest absolute Gasteiger partial charge is 0.0936 e. The van der Waals surface area contributed by atoms with Crippen LogP contribution in [-0.4, -0.2) is 12.6 Å². The third kappa shape index (κ3) is 6.54. The van der Waals surface area contributed by atoms with Crippen molar-refractivity contribution < 1.29 is 0 Å². The fraction of sp³-hybridized carbons (Fsp3) is 1.00. The summed E-state index contributed by atoms with van der Waals surface area (Å²) in [5.41, 5.74) is 0. The highest BCUT2D eigenvalue weighted by atomic mass is 79.9. The Morgan fingerprint density at radius 2 is 2.14 bits per heavy atom. The SMILES string of the molecule is CC(C)BCCBr. The lowest BCUT2D eigenvalue weighted by Crippen LogP contribution is -1.93. The summed E-state index contributed by atoms with van der Waals surface area (Å²) in [4.78, 5) is 0. The molecule has 0 aliphatic rings. The molecular weight excluding hydrogens is 151 g/mol. The maximum absolute atomic E-state index is 3.38. The second kappa shape index (κ2) is 4.70. The van der Waals surface area contributed by atoms with Crippen LogP contribution in [0.1, 0.15) is 13.8 Å². The first-order valence-electron chi connectivity index (χ1n) is 2.83. The molecule has 0 aliphatic heterocycles. The van der Waals surface area contributed by atoms with Gasteiger partial charge in [0.2, 0.25) is 0 Å². The lowest BCUT2D eigenvalue weighted by Gasteiger charge is -1.95. The van der Waals surface area contributed by atoms with Crippen LogP contribution in [0.5, 0.6) is 0 Å². The molecule has 0 bridgehead atoms. The Labute approximate surface area is 55.1 Å². The highest BCUT2D eigenvalue weighted by Gasteiger charge is 1.92. The summed E-state index contributed by atoms with van der Waals surface area (Å²) in [6, 6.07) is 0. The van der Waals surface area contributed by atoms with Gasteiger partial charge in [-0.3, -0.25) is 0 Å². The van der Waals surface area contributed by atoms with Crippen molar-refractivity contribution in [1.29, 1.82) is 0 Å². The molecule has 0 saturated heterocycles. The van der Waals surface area contributed by atoms with Crippen LogP contribution < -0.4 is 0 Å². The molecule has 0 amide bonds. The van der Waals surface area contributed by atoms with Crippen LogP contribution in [0.4, 0.5) is 0 Å². The molecule has 0 saturated carbocycles. The zero-order chi connectivity index (χ0) is 5.70. The highest BCUT2D eigenvalue weighted by molar-refractivity contribution is 9.09. The van der Waals surface area contributed by atoms with E-state index >= 15 is 0 Å². The Morgan fingerprint density at radius 1 is 1.57 bits per heavy atom. The van der Waals surface area contributed by atoms with Crippen molar-refractivity contribution in [2.75, 3.05) is 5.33 Å². The summed E-state index contributed by atoms with van der Waals surface area (Å²) < 4.78 is 0. The Kier molecular flexibility index (Phi) is 5.06. The Balaban J connectivity index is 2.68. The van der Waals surface area contributed by atoms with Gasteiger partial charge in [0.1, 0.15) is 7.28 Å². The van der Waals surface area contributed by atoms with E-state index in [1.807, 2.05) is 0 Å². The predicted molar refractivity (Wildman–Crippen MR) is 40.8 cm³/mol. The van der Waals surface area contributed by atoms with E-state index < -0.39 is 0 Å². The van der Waals surface area contributed by atoms with Crippen LogP contribution in [0.15, 0.2) is 0 Å². The second-order valence-corrected chi connectivity index (χ2v) is 3.02. The van der Waals surface area contributed by atoms with Crippen molar-refractivity contribution in [3.8, 4) is 0 Å². The maximum Gasteiger partial charge on any atom is 0.124 e. The van der Waals surface area contributed by atoms with E-state index in [1.165, 1.54) is 13.6 Å². The van der Waals surface area contributed by atoms with Crippen LogP contribution >= 0.6 is 15.9 Å². The molecular formula is C5H12BBr. The van der Waals surface area contributed by atoms with Gasteiger partial charge in [0.15, 0.2) is 0 Å². The van der Waals surface area contributed by atoms with Crippen LogP contribution in [0, 0.1) is 0 Å². The standard InChI is InChI=1S/C5H12BBr/c1-5(2)6-3-4-7/h5-6H,3-4H2,1-2H3. The summed E-state index contributed by atoms with van der Waals surface area (Å²) in [7, 11) is 1.35. The van der Waals surface area contributed by atoms with Crippen molar-refractivity contribution in [3.63, 3.8) is 0 Å². The summed E-state index contributed by atoms with van der Waals surface area (Å²) in [5, 5.41) is 1.16. The normalized spacial score (nSPS) is 9.71. The fourth-order valence-corrected chi connectivity index (χ4v) is 0.809. The van der Waals surface area contributed by atoms with Crippen LogP contribution in [0.3, 0.4) is 0 Å². The van der Waals surface area contributed by atoms with Crippen molar-refractivity contribution in [2.24, 2.45) is 0 Å². The minimum Gasteiger partial charge on any atom is -0.0936 e. The molecule has 0 heterocycles. The molecule has 0 aliphatic carbocycles. The molecule has 0 radical (unpaired) electrons. The van der Waals surface area contributed by atoms with Gasteiger partial charge in [-0.15, -0.1) is 0 Å². The van der Waals surface area contributed by atoms with Crippen molar-refractivity contribution in [3.05, 3.63) is 0 Å². The Morgan fingerprint density at radius 3 is 2.29 bits per heavy atom. The number of hydrogen-bond donors (Lipinski definition) is 0. The average molecular weight is 163 g/mol. The lowest BCUT2D eigenvalue weighted by molar-refractivity contribution is 1.05. The van der Waals surface area contributed by atoms with Crippen molar-refractivity contribution in [2.45, 2.75) is 26.0 Å². The van der Waals surface area contributed by atoms with E-state index in [1.54, 1.807) is 0 Å². The van der Waals surface area contributed by atoms with Gasteiger partial charge in [-0.25, -0.2) is 0 Å². The summed E-state index contributed by atoms with van der Waals surface area (Å²) in [6.45, 7) is 4.51. The Hall–Kier alpha value is 0.545. The second-order valence-electron chi connectivity index (χ2n) is 2.23. The lowest BCUT2D eigenvalue weighted by atomic mass is 9.64. The van der Waals surface area contributed by atoms with Crippen LogP contribution in [0.2, 0.25) is 12.1 Å². The van der Waals surface area contributed by atoms with E-state index in [2.05, 4.69) is 29.8 Å². The molecule has 0 aromatic rings. The van der Waals surface area contributed by atoms with Gasteiger partial charge >= 0.3 is 0 Å².